The number of pyridine rings is 1. The van der Waals surface area contributed by atoms with Crippen molar-refractivity contribution in [2.24, 2.45) is 0 Å². The van der Waals surface area contributed by atoms with Crippen LogP contribution in [0.1, 0.15) is 22.0 Å². The van der Waals surface area contributed by atoms with Gasteiger partial charge in [-0.3, -0.25) is 4.79 Å². The van der Waals surface area contributed by atoms with Gasteiger partial charge in [-0.25, -0.2) is 4.98 Å². The monoisotopic (exact) mass is 338 g/mol. The van der Waals surface area contributed by atoms with Crippen LogP contribution in [0.5, 0.6) is 0 Å². The van der Waals surface area contributed by atoms with E-state index in [0.717, 1.165) is 16.3 Å². The first-order valence-corrected chi connectivity index (χ1v) is 8.86. The van der Waals surface area contributed by atoms with Gasteiger partial charge in [-0.2, -0.15) is 0 Å². The Morgan fingerprint density at radius 3 is 2.79 bits per heavy atom. The van der Waals surface area contributed by atoms with Crippen LogP contribution in [0.25, 0.3) is 10.8 Å². The molecular formula is C19H18N2O2S. The van der Waals surface area contributed by atoms with Crippen molar-refractivity contribution in [1.82, 2.24) is 10.3 Å². The molecule has 0 aliphatic heterocycles. The molecule has 3 aromatic rings. The number of nitrogens with zero attached hydrogens (tertiary/aromatic N) is 1. The fraction of sp³-hybridized carbons (Fsp3) is 0.158. The Hall–Kier alpha value is -2.37. The molecule has 0 saturated carbocycles. The summed E-state index contributed by atoms with van der Waals surface area (Å²) in [6.07, 6.45) is 2.77. The highest BCUT2D eigenvalue weighted by molar-refractivity contribution is 7.98. The average molecular weight is 338 g/mol. The Bertz CT molecular complexity index is 861. The molecule has 4 nitrogen and oxygen atoms in total. The van der Waals surface area contributed by atoms with E-state index in [2.05, 4.69) is 10.3 Å². The van der Waals surface area contributed by atoms with Crippen LogP contribution in [0.15, 0.2) is 65.8 Å². The predicted molar refractivity (Wildman–Crippen MR) is 97.3 cm³/mol. The van der Waals surface area contributed by atoms with Gasteiger partial charge in [0.15, 0.2) is 0 Å². The highest BCUT2D eigenvalue weighted by Crippen LogP contribution is 2.24. The van der Waals surface area contributed by atoms with E-state index in [-0.39, 0.29) is 12.5 Å². The molecule has 2 N–H and O–H groups in total. The number of amides is 1. The van der Waals surface area contributed by atoms with Gasteiger partial charge in [0.1, 0.15) is 5.03 Å². The van der Waals surface area contributed by atoms with Gasteiger partial charge in [0.05, 0.1) is 11.7 Å². The van der Waals surface area contributed by atoms with Crippen LogP contribution >= 0.6 is 11.8 Å². The molecule has 0 aliphatic rings. The summed E-state index contributed by atoms with van der Waals surface area (Å²) >= 11 is 1.42. The molecule has 5 heteroatoms. The Labute approximate surface area is 144 Å². The second-order valence-electron chi connectivity index (χ2n) is 5.35. The number of nitrogens with one attached hydrogen (secondary N) is 1. The summed E-state index contributed by atoms with van der Waals surface area (Å²) in [6, 6.07) is 17.2. The number of carbonyl (C=O) groups excluding carboxylic acids is 1. The maximum atomic E-state index is 12.3. The van der Waals surface area contributed by atoms with Crippen molar-refractivity contribution >= 4 is 28.4 Å². The van der Waals surface area contributed by atoms with Crippen LogP contribution < -0.4 is 5.32 Å². The molecular weight excluding hydrogens is 320 g/mol. The number of hydrogen-bond donors (Lipinski definition) is 2. The minimum absolute atomic E-state index is 0.148. The number of thioether (sulfide) groups is 1. The smallest absolute Gasteiger partial charge is 0.254 e. The number of aromatic nitrogens is 1. The number of hydrogen-bond acceptors (Lipinski definition) is 4. The first kappa shape index (κ1) is 16.5. The molecule has 2 aromatic carbocycles. The molecule has 24 heavy (non-hydrogen) atoms. The van der Waals surface area contributed by atoms with Crippen molar-refractivity contribution in [2.75, 3.05) is 12.8 Å². The van der Waals surface area contributed by atoms with E-state index >= 15 is 0 Å². The van der Waals surface area contributed by atoms with Gasteiger partial charge in [-0.15, -0.1) is 11.8 Å². The lowest BCUT2D eigenvalue weighted by atomic mass is 10.0. The average Bonchev–Trinajstić information content (AvgIpc) is 2.65. The third kappa shape index (κ3) is 3.42. The molecule has 1 aromatic heterocycles. The Balaban J connectivity index is 1.75. The minimum atomic E-state index is -0.769. The molecule has 0 radical (unpaired) electrons. The first-order valence-electron chi connectivity index (χ1n) is 7.63. The molecule has 0 unspecified atom stereocenters. The number of fused-ring (bicyclic) bond motifs is 1. The van der Waals surface area contributed by atoms with Gasteiger partial charge < -0.3 is 10.4 Å². The van der Waals surface area contributed by atoms with Crippen molar-refractivity contribution in [1.29, 1.82) is 0 Å². The van der Waals surface area contributed by atoms with Gasteiger partial charge in [0.25, 0.3) is 5.91 Å². The SMILES string of the molecule is CSc1ncccc1C(=O)NC[C@@H](O)c1cccc2ccccc12. The normalized spacial score (nSPS) is 12.1. The topological polar surface area (TPSA) is 62.2 Å². The van der Waals surface area contributed by atoms with Crippen LogP contribution in [0, 0.1) is 0 Å². The Morgan fingerprint density at radius 1 is 1.17 bits per heavy atom. The zero-order valence-electron chi connectivity index (χ0n) is 13.3. The maximum absolute atomic E-state index is 12.3. The van der Waals surface area contributed by atoms with E-state index in [1.807, 2.05) is 48.7 Å². The highest BCUT2D eigenvalue weighted by atomic mass is 32.2. The standard InChI is InChI=1S/C19H18N2O2S/c1-24-19-16(10-5-11-20-19)18(23)21-12-17(22)15-9-4-7-13-6-2-3-8-14(13)15/h2-11,17,22H,12H2,1H3,(H,21,23)/t17-/m1/s1. The predicted octanol–water partition coefficient (Wildman–Crippen LogP) is 3.42. The third-order valence-electron chi connectivity index (χ3n) is 3.85. The summed E-state index contributed by atoms with van der Waals surface area (Å²) < 4.78 is 0. The molecule has 0 spiro atoms. The molecule has 1 atom stereocenters. The summed E-state index contributed by atoms with van der Waals surface area (Å²) in [5.74, 6) is -0.230. The van der Waals surface area contributed by atoms with Crippen molar-refractivity contribution < 1.29 is 9.90 Å². The number of carbonyl (C=O) groups is 1. The van der Waals surface area contributed by atoms with E-state index in [9.17, 15) is 9.90 Å². The van der Waals surface area contributed by atoms with Crippen LogP contribution in [0.4, 0.5) is 0 Å². The number of aliphatic hydroxyl groups is 1. The summed E-state index contributed by atoms with van der Waals surface area (Å²) in [7, 11) is 0. The molecule has 1 amide bonds. The first-order chi connectivity index (χ1) is 11.7. The van der Waals surface area contributed by atoms with Crippen LogP contribution in [-0.4, -0.2) is 28.8 Å². The molecule has 0 aliphatic carbocycles. The zero-order chi connectivity index (χ0) is 16.9. The highest BCUT2D eigenvalue weighted by Gasteiger charge is 2.15. The van der Waals surface area contributed by atoms with E-state index in [0.29, 0.717) is 10.6 Å². The van der Waals surface area contributed by atoms with Gasteiger partial charge in [-0.1, -0.05) is 42.5 Å². The summed E-state index contributed by atoms with van der Waals surface area (Å²) in [4.78, 5) is 16.5. The second kappa shape index (κ2) is 7.47. The molecule has 3 rings (SSSR count). The lowest BCUT2D eigenvalue weighted by Crippen LogP contribution is -2.29. The molecule has 0 fully saturated rings. The third-order valence-corrected chi connectivity index (χ3v) is 4.56. The van der Waals surface area contributed by atoms with Crippen LogP contribution in [-0.2, 0) is 0 Å². The van der Waals surface area contributed by atoms with Crippen molar-refractivity contribution in [2.45, 2.75) is 11.1 Å². The maximum Gasteiger partial charge on any atom is 0.254 e. The Morgan fingerprint density at radius 2 is 1.96 bits per heavy atom. The minimum Gasteiger partial charge on any atom is -0.387 e. The van der Waals surface area contributed by atoms with Gasteiger partial charge in [0.2, 0.25) is 0 Å². The largest absolute Gasteiger partial charge is 0.387 e. The number of aliphatic hydroxyl groups excluding tert-OH is 1. The summed E-state index contributed by atoms with van der Waals surface area (Å²) in [5, 5.41) is 16.0. The fourth-order valence-corrected chi connectivity index (χ4v) is 3.21. The molecule has 122 valence electrons. The molecule has 0 bridgehead atoms. The zero-order valence-corrected chi connectivity index (χ0v) is 14.1. The van der Waals surface area contributed by atoms with Gasteiger partial charge in [0, 0.05) is 12.7 Å². The van der Waals surface area contributed by atoms with Crippen molar-refractivity contribution in [3.8, 4) is 0 Å². The van der Waals surface area contributed by atoms with E-state index in [4.69, 9.17) is 0 Å². The quantitative estimate of drug-likeness (QED) is 0.700. The van der Waals surface area contributed by atoms with Crippen LogP contribution in [0.3, 0.4) is 0 Å². The second-order valence-corrected chi connectivity index (χ2v) is 6.15. The van der Waals surface area contributed by atoms with Crippen molar-refractivity contribution in [3.63, 3.8) is 0 Å². The lowest BCUT2D eigenvalue weighted by Gasteiger charge is -2.15. The number of rotatable bonds is 5. The van der Waals surface area contributed by atoms with Gasteiger partial charge >= 0.3 is 0 Å². The summed E-state index contributed by atoms with van der Waals surface area (Å²) in [5.41, 5.74) is 1.33. The van der Waals surface area contributed by atoms with E-state index < -0.39 is 6.10 Å². The van der Waals surface area contributed by atoms with Crippen molar-refractivity contribution in [3.05, 3.63) is 71.9 Å². The van der Waals surface area contributed by atoms with E-state index in [1.54, 1.807) is 18.3 Å². The summed E-state index contributed by atoms with van der Waals surface area (Å²) in [6.45, 7) is 0.148. The number of benzene rings is 2. The Kier molecular flexibility index (Phi) is 5.13. The lowest BCUT2D eigenvalue weighted by molar-refractivity contribution is 0.0913. The fourth-order valence-electron chi connectivity index (χ4n) is 2.66. The van der Waals surface area contributed by atoms with Gasteiger partial charge in [-0.05, 0) is 34.7 Å². The molecule has 0 saturated heterocycles. The molecule has 1 heterocycles. The van der Waals surface area contributed by atoms with E-state index in [1.165, 1.54) is 11.8 Å². The van der Waals surface area contributed by atoms with Crippen LogP contribution in [0.2, 0.25) is 0 Å².